The Morgan fingerprint density at radius 3 is 2.73 bits per heavy atom. The highest BCUT2D eigenvalue weighted by molar-refractivity contribution is 5.86. The highest BCUT2D eigenvalue weighted by atomic mass is 16.5. The van der Waals surface area contributed by atoms with E-state index in [2.05, 4.69) is 49.2 Å². The maximum atomic E-state index is 11.3. The molecule has 1 saturated heterocycles. The summed E-state index contributed by atoms with van der Waals surface area (Å²) in [6.45, 7) is 7.63. The van der Waals surface area contributed by atoms with E-state index < -0.39 is 0 Å². The lowest BCUT2D eigenvalue weighted by Crippen LogP contribution is -2.36. The Morgan fingerprint density at radius 1 is 1.23 bits per heavy atom. The van der Waals surface area contributed by atoms with Gasteiger partial charge in [-0.3, -0.25) is 4.79 Å². The summed E-state index contributed by atoms with van der Waals surface area (Å²) in [5, 5.41) is 5.93. The standard InChI is InChI=1S/C20H24N8O2/c1-2-16(29)22-7-8-28-13-23-17-18(21)25-20(26-19(17)28)24-14-3-5-15(6-4-14)27-9-11-30-12-10-27/h2-6,13H,1,7-12H2,(H,22,29)(H3,21,24,25,26). The van der Waals surface area contributed by atoms with Crippen LogP contribution in [-0.4, -0.2) is 58.3 Å². The van der Waals surface area contributed by atoms with Gasteiger partial charge < -0.3 is 30.6 Å². The number of amides is 1. The average molecular weight is 408 g/mol. The Morgan fingerprint density at radius 2 is 2.00 bits per heavy atom. The van der Waals surface area contributed by atoms with Gasteiger partial charge in [0.25, 0.3) is 0 Å². The van der Waals surface area contributed by atoms with E-state index in [-0.39, 0.29) is 5.91 Å². The zero-order valence-electron chi connectivity index (χ0n) is 16.5. The highest BCUT2D eigenvalue weighted by Crippen LogP contribution is 2.23. The van der Waals surface area contributed by atoms with Crippen molar-refractivity contribution in [3.05, 3.63) is 43.2 Å². The number of nitrogen functional groups attached to an aromatic ring is 1. The zero-order chi connectivity index (χ0) is 20.9. The predicted octanol–water partition coefficient (Wildman–Crippen LogP) is 1.29. The summed E-state index contributed by atoms with van der Waals surface area (Å²) >= 11 is 0. The zero-order valence-corrected chi connectivity index (χ0v) is 16.5. The molecule has 1 aromatic carbocycles. The number of nitrogens with one attached hydrogen (secondary N) is 2. The summed E-state index contributed by atoms with van der Waals surface area (Å²) in [7, 11) is 0. The maximum absolute atomic E-state index is 11.3. The van der Waals surface area contributed by atoms with Gasteiger partial charge in [0.15, 0.2) is 11.5 Å². The van der Waals surface area contributed by atoms with E-state index >= 15 is 0 Å². The van der Waals surface area contributed by atoms with Gasteiger partial charge in [0.1, 0.15) is 5.52 Å². The molecule has 0 radical (unpaired) electrons. The summed E-state index contributed by atoms with van der Waals surface area (Å²) in [5.74, 6) is 0.453. The minimum Gasteiger partial charge on any atom is -0.382 e. The first-order valence-electron chi connectivity index (χ1n) is 9.72. The van der Waals surface area contributed by atoms with Crippen LogP contribution in [0.4, 0.5) is 23.1 Å². The van der Waals surface area contributed by atoms with Gasteiger partial charge in [0.05, 0.1) is 19.5 Å². The molecule has 30 heavy (non-hydrogen) atoms. The molecule has 1 amide bonds. The van der Waals surface area contributed by atoms with Crippen molar-refractivity contribution in [2.45, 2.75) is 6.54 Å². The number of hydrogen-bond donors (Lipinski definition) is 3. The summed E-state index contributed by atoms with van der Waals surface area (Å²) in [4.78, 5) is 26.8. The molecule has 0 bridgehead atoms. The van der Waals surface area contributed by atoms with Crippen molar-refractivity contribution < 1.29 is 9.53 Å². The number of morpholine rings is 1. The molecule has 0 unspecified atom stereocenters. The van der Waals surface area contributed by atoms with Gasteiger partial charge in [-0.25, -0.2) is 4.98 Å². The second kappa shape index (κ2) is 8.78. The number of carbonyl (C=O) groups is 1. The number of aromatic nitrogens is 4. The number of ether oxygens (including phenoxy) is 1. The third-order valence-corrected chi connectivity index (χ3v) is 4.83. The van der Waals surface area contributed by atoms with Crippen LogP contribution >= 0.6 is 0 Å². The van der Waals surface area contributed by atoms with E-state index in [0.717, 1.165) is 37.7 Å². The molecule has 0 spiro atoms. The number of nitrogens with zero attached hydrogens (tertiary/aromatic N) is 5. The summed E-state index contributed by atoms with van der Waals surface area (Å²) in [6, 6.07) is 8.08. The Kier molecular flexibility index (Phi) is 5.75. The minimum atomic E-state index is -0.226. The molecule has 1 fully saturated rings. The molecule has 1 aliphatic rings. The van der Waals surface area contributed by atoms with E-state index in [0.29, 0.717) is 36.0 Å². The number of carbonyl (C=O) groups excluding carboxylic acids is 1. The largest absolute Gasteiger partial charge is 0.382 e. The minimum absolute atomic E-state index is 0.226. The molecular weight excluding hydrogens is 384 g/mol. The number of fused-ring (bicyclic) bond motifs is 1. The Labute approximate surface area is 173 Å². The molecule has 2 aromatic heterocycles. The van der Waals surface area contributed by atoms with E-state index in [1.807, 2.05) is 16.7 Å². The fourth-order valence-electron chi connectivity index (χ4n) is 3.26. The number of nitrogens with two attached hydrogens (primary N) is 1. The summed E-state index contributed by atoms with van der Waals surface area (Å²) in [6.07, 6.45) is 2.87. The van der Waals surface area contributed by atoms with Crippen LogP contribution in [0.5, 0.6) is 0 Å². The second-order valence-corrected chi connectivity index (χ2v) is 6.81. The van der Waals surface area contributed by atoms with Gasteiger partial charge in [0, 0.05) is 37.6 Å². The molecule has 10 nitrogen and oxygen atoms in total. The lowest BCUT2D eigenvalue weighted by molar-refractivity contribution is -0.116. The van der Waals surface area contributed by atoms with Crippen molar-refractivity contribution in [2.24, 2.45) is 0 Å². The first-order valence-corrected chi connectivity index (χ1v) is 9.72. The monoisotopic (exact) mass is 408 g/mol. The van der Waals surface area contributed by atoms with Crippen LogP contribution in [0.3, 0.4) is 0 Å². The molecule has 3 heterocycles. The van der Waals surface area contributed by atoms with Crippen molar-refractivity contribution in [1.82, 2.24) is 24.8 Å². The number of rotatable bonds is 7. The van der Waals surface area contributed by atoms with Gasteiger partial charge in [-0.05, 0) is 30.3 Å². The van der Waals surface area contributed by atoms with Crippen molar-refractivity contribution in [2.75, 3.05) is 48.8 Å². The number of benzene rings is 1. The van der Waals surface area contributed by atoms with Crippen molar-refractivity contribution in [1.29, 1.82) is 0 Å². The molecule has 3 aromatic rings. The Hall–Kier alpha value is -3.66. The molecule has 4 rings (SSSR count). The van der Waals surface area contributed by atoms with Gasteiger partial charge >= 0.3 is 0 Å². The van der Waals surface area contributed by atoms with Crippen LogP contribution in [0.25, 0.3) is 11.2 Å². The van der Waals surface area contributed by atoms with E-state index in [1.54, 1.807) is 6.33 Å². The molecule has 156 valence electrons. The molecule has 10 heteroatoms. The lowest BCUT2D eigenvalue weighted by Gasteiger charge is -2.28. The first-order chi connectivity index (χ1) is 14.6. The van der Waals surface area contributed by atoms with Crippen LogP contribution in [0.2, 0.25) is 0 Å². The van der Waals surface area contributed by atoms with Crippen molar-refractivity contribution in [3.8, 4) is 0 Å². The third kappa shape index (κ3) is 4.33. The van der Waals surface area contributed by atoms with E-state index in [9.17, 15) is 4.79 Å². The van der Waals surface area contributed by atoms with Gasteiger partial charge in [0.2, 0.25) is 11.9 Å². The van der Waals surface area contributed by atoms with Crippen LogP contribution < -0.4 is 21.3 Å². The SMILES string of the molecule is C=CC(=O)NCCn1cnc2c(N)nc(Nc3ccc(N4CCOCC4)cc3)nc21. The Bertz CT molecular complexity index is 1040. The second-order valence-electron chi connectivity index (χ2n) is 6.81. The van der Waals surface area contributed by atoms with E-state index in [1.165, 1.54) is 6.08 Å². The third-order valence-electron chi connectivity index (χ3n) is 4.83. The van der Waals surface area contributed by atoms with Crippen LogP contribution in [0, 0.1) is 0 Å². The lowest BCUT2D eigenvalue weighted by atomic mass is 10.2. The molecule has 0 saturated carbocycles. The van der Waals surface area contributed by atoms with Gasteiger partial charge in [-0.15, -0.1) is 0 Å². The van der Waals surface area contributed by atoms with Crippen molar-refractivity contribution in [3.63, 3.8) is 0 Å². The quantitative estimate of drug-likeness (QED) is 0.500. The van der Waals surface area contributed by atoms with Gasteiger partial charge in [-0.1, -0.05) is 6.58 Å². The highest BCUT2D eigenvalue weighted by Gasteiger charge is 2.13. The van der Waals surface area contributed by atoms with Crippen LogP contribution in [0.1, 0.15) is 0 Å². The molecule has 1 aliphatic heterocycles. The number of hydrogen-bond acceptors (Lipinski definition) is 8. The van der Waals surface area contributed by atoms with Crippen LogP contribution in [0.15, 0.2) is 43.2 Å². The molecule has 0 aliphatic carbocycles. The fourth-order valence-corrected chi connectivity index (χ4v) is 3.26. The Balaban J connectivity index is 1.49. The van der Waals surface area contributed by atoms with Crippen LogP contribution in [-0.2, 0) is 16.1 Å². The fraction of sp³-hybridized carbons (Fsp3) is 0.300. The number of imidazole rings is 1. The first kappa shape index (κ1) is 19.6. The molecule has 4 N–H and O–H groups in total. The average Bonchev–Trinajstić information content (AvgIpc) is 3.18. The normalized spacial score (nSPS) is 13.9. The van der Waals surface area contributed by atoms with Gasteiger partial charge in [-0.2, -0.15) is 9.97 Å². The number of anilines is 4. The molecule has 0 atom stereocenters. The smallest absolute Gasteiger partial charge is 0.243 e. The molecular formula is C20H24N8O2. The maximum Gasteiger partial charge on any atom is 0.243 e. The summed E-state index contributed by atoms with van der Waals surface area (Å²) in [5.41, 5.74) is 9.21. The van der Waals surface area contributed by atoms with E-state index in [4.69, 9.17) is 10.5 Å². The summed E-state index contributed by atoms with van der Waals surface area (Å²) < 4.78 is 7.22. The van der Waals surface area contributed by atoms with Crippen molar-refractivity contribution >= 4 is 40.2 Å². The predicted molar refractivity (Wildman–Crippen MR) is 116 cm³/mol. The topological polar surface area (TPSA) is 123 Å².